The van der Waals surface area contributed by atoms with Crippen LogP contribution in [0.3, 0.4) is 0 Å². The zero-order chi connectivity index (χ0) is 10.7. The second-order valence-electron chi connectivity index (χ2n) is 5.13. The maximum absolute atomic E-state index is 5.39. The molecular weight excluding hydrogens is 188 g/mol. The van der Waals surface area contributed by atoms with Crippen molar-refractivity contribution in [2.24, 2.45) is 5.92 Å². The zero-order valence-corrected chi connectivity index (χ0v) is 10.0. The number of hydrogen-bond donors (Lipinski definition) is 1. The van der Waals surface area contributed by atoms with Crippen LogP contribution in [0.4, 0.5) is 0 Å². The average molecular weight is 212 g/mol. The fourth-order valence-corrected chi connectivity index (χ4v) is 2.71. The first-order chi connectivity index (χ1) is 7.27. The van der Waals surface area contributed by atoms with Crippen LogP contribution >= 0.6 is 0 Å². The largest absolute Gasteiger partial charge is 0.381 e. The molecule has 2 aliphatic heterocycles. The number of piperidine rings is 1. The summed E-state index contributed by atoms with van der Waals surface area (Å²) in [6, 6.07) is 1.38. The number of nitrogens with one attached hydrogen (secondary N) is 1. The van der Waals surface area contributed by atoms with Crippen LogP contribution in [-0.2, 0) is 4.74 Å². The first-order valence-corrected chi connectivity index (χ1v) is 6.37. The van der Waals surface area contributed by atoms with Crippen LogP contribution < -0.4 is 5.43 Å². The second kappa shape index (κ2) is 5.28. The number of rotatable bonds is 3. The molecule has 3 nitrogen and oxygen atoms in total. The third-order valence-electron chi connectivity index (χ3n) is 3.78. The summed E-state index contributed by atoms with van der Waals surface area (Å²) < 4.78 is 5.39. The molecule has 0 aromatic carbocycles. The van der Waals surface area contributed by atoms with Crippen LogP contribution in [-0.4, -0.2) is 36.9 Å². The van der Waals surface area contributed by atoms with Crippen LogP contribution in [0.1, 0.15) is 39.5 Å². The lowest BCUT2D eigenvalue weighted by Gasteiger charge is -2.39. The van der Waals surface area contributed by atoms with Gasteiger partial charge in [0, 0.05) is 25.2 Å². The highest BCUT2D eigenvalue weighted by atomic mass is 16.5. The van der Waals surface area contributed by atoms with Crippen LogP contribution in [0.15, 0.2) is 0 Å². The van der Waals surface area contributed by atoms with E-state index in [2.05, 4.69) is 24.3 Å². The van der Waals surface area contributed by atoms with Gasteiger partial charge in [0.2, 0.25) is 0 Å². The Morgan fingerprint density at radius 2 is 1.93 bits per heavy atom. The maximum atomic E-state index is 5.39. The summed E-state index contributed by atoms with van der Waals surface area (Å²) in [4.78, 5) is 0. The topological polar surface area (TPSA) is 24.5 Å². The van der Waals surface area contributed by atoms with E-state index in [1.165, 1.54) is 25.7 Å². The third-order valence-corrected chi connectivity index (χ3v) is 3.78. The van der Waals surface area contributed by atoms with E-state index in [1.54, 1.807) is 0 Å². The van der Waals surface area contributed by atoms with Gasteiger partial charge in [0.1, 0.15) is 0 Å². The molecule has 0 radical (unpaired) electrons. The minimum absolute atomic E-state index is 0.691. The van der Waals surface area contributed by atoms with Crippen molar-refractivity contribution in [1.29, 1.82) is 0 Å². The van der Waals surface area contributed by atoms with Gasteiger partial charge in [0.05, 0.1) is 6.61 Å². The predicted molar refractivity (Wildman–Crippen MR) is 61.5 cm³/mol. The van der Waals surface area contributed by atoms with Crippen LogP contribution in [0.2, 0.25) is 0 Å². The zero-order valence-electron chi connectivity index (χ0n) is 10.0. The molecule has 88 valence electrons. The van der Waals surface area contributed by atoms with Crippen LogP contribution in [0.5, 0.6) is 0 Å². The number of hydrazine groups is 1. The smallest absolute Gasteiger partial charge is 0.0507 e. The van der Waals surface area contributed by atoms with Gasteiger partial charge in [-0.25, -0.2) is 5.01 Å². The maximum Gasteiger partial charge on any atom is 0.0507 e. The van der Waals surface area contributed by atoms with E-state index in [1.807, 2.05) is 0 Å². The molecule has 2 rings (SSSR count). The minimum Gasteiger partial charge on any atom is -0.381 e. The molecule has 2 aliphatic rings. The quantitative estimate of drug-likeness (QED) is 0.772. The van der Waals surface area contributed by atoms with Crippen molar-refractivity contribution in [3.8, 4) is 0 Å². The Bertz CT molecular complexity index is 182. The van der Waals surface area contributed by atoms with E-state index in [4.69, 9.17) is 4.74 Å². The SMILES string of the molecule is CC1CCCC(C)N1NCC1CCOC1. The van der Waals surface area contributed by atoms with Crippen molar-refractivity contribution < 1.29 is 4.74 Å². The molecule has 2 fully saturated rings. The Kier molecular flexibility index (Phi) is 4.00. The molecule has 15 heavy (non-hydrogen) atoms. The van der Waals surface area contributed by atoms with E-state index in [-0.39, 0.29) is 0 Å². The van der Waals surface area contributed by atoms with Gasteiger partial charge in [-0.05, 0) is 39.0 Å². The molecule has 0 aromatic rings. The Morgan fingerprint density at radius 3 is 2.53 bits per heavy atom. The molecule has 0 spiro atoms. The Morgan fingerprint density at radius 1 is 1.20 bits per heavy atom. The summed E-state index contributed by atoms with van der Waals surface area (Å²) in [5.41, 5.74) is 3.62. The molecular formula is C12H24N2O. The third kappa shape index (κ3) is 2.92. The fourth-order valence-electron chi connectivity index (χ4n) is 2.71. The van der Waals surface area contributed by atoms with Gasteiger partial charge in [0.15, 0.2) is 0 Å². The van der Waals surface area contributed by atoms with Gasteiger partial charge in [-0.3, -0.25) is 5.43 Å². The minimum atomic E-state index is 0.691. The van der Waals surface area contributed by atoms with Crippen molar-refractivity contribution in [3.63, 3.8) is 0 Å². The monoisotopic (exact) mass is 212 g/mol. The van der Waals surface area contributed by atoms with E-state index in [0.717, 1.165) is 25.7 Å². The summed E-state index contributed by atoms with van der Waals surface area (Å²) in [6.45, 7) is 7.65. The number of nitrogens with zero attached hydrogens (tertiary/aromatic N) is 1. The van der Waals surface area contributed by atoms with Crippen molar-refractivity contribution in [2.45, 2.75) is 51.6 Å². The summed E-state index contributed by atoms with van der Waals surface area (Å²) >= 11 is 0. The Labute approximate surface area is 93.1 Å². The lowest BCUT2D eigenvalue weighted by Crippen LogP contribution is -2.53. The van der Waals surface area contributed by atoms with E-state index >= 15 is 0 Å². The first kappa shape index (κ1) is 11.4. The highest BCUT2D eigenvalue weighted by molar-refractivity contribution is 4.77. The summed E-state index contributed by atoms with van der Waals surface area (Å²) in [7, 11) is 0. The van der Waals surface area contributed by atoms with Gasteiger partial charge in [-0.15, -0.1) is 0 Å². The normalized spacial score (nSPS) is 38.4. The summed E-state index contributed by atoms with van der Waals surface area (Å²) in [6.07, 6.45) is 5.27. The molecule has 0 amide bonds. The molecule has 3 unspecified atom stereocenters. The average Bonchev–Trinajstić information content (AvgIpc) is 2.70. The lowest BCUT2D eigenvalue weighted by atomic mass is 10.00. The van der Waals surface area contributed by atoms with E-state index in [0.29, 0.717) is 12.1 Å². The van der Waals surface area contributed by atoms with Crippen molar-refractivity contribution in [3.05, 3.63) is 0 Å². The molecule has 3 atom stereocenters. The molecule has 2 saturated heterocycles. The van der Waals surface area contributed by atoms with Crippen LogP contribution in [0.25, 0.3) is 0 Å². The number of hydrogen-bond acceptors (Lipinski definition) is 3. The van der Waals surface area contributed by atoms with Crippen molar-refractivity contribution >= 4 is 0 Å². The molecule has 2 heterocycles. The highest BCUT2D eigenvalue weighted by Gasteiger charge is 2.25. The summed E-state index contributed by atoms with van der Waals surface area (Å²) in [5, 5.41) is 2.46. The molecule has 3 heteroatoms. The summed E-state index contributed by atoms with van der Waals surface area (Å²) in [5.74, 6) is 0.728. The molecule has 0 bridgehead atoms. The Balaban J connectivity index is 1.75. The fraction of sp³-hybridized carbons (Fsp3) is 1.00. The van der Waals surface area contributed by atoms with Crippen molar-refractivity contribution in [2.75, 3.05) is 19.8 Å². The molecule has 1 N–H and O–H groups in total. The molecule has 0 aromatic heterocycles. The van der Waals surface area contributed by atoms with Gasteiger partial charge in [0.25, 0.3) is 0 Å². The van der Waals surface area contributed by atoms with Gasteiger partial charge in [-0.1, -0.05) is 6.42 Å². The Hall–Kier alpha value is -0.120. The standard InChI is InChI=1S/C12H24N2O/c1-10-4-3-5-11(2)14(10)13-8-12-6-7-15-9-12/h10-13H,3-9H2,1-2H3. The van der Waals surface area contributed by atoms with E-state index < -0.39 is 0 Å². The van der Waals surface area contributed by atoms with Crippen molar-refractivity contribution in [1.82, 2.24) is 10.4 Å². The number of ether oxygens (including phenoxy) is 1. The van der Waals surface area contributed by atoms with Gasteiger partial charge in [-0.2, -0.15) is 0 Å². The predicted octanol–water partition coefficient (Wildman–Crippen LogP) is 1.79. The lowest BCUT2D eigenvalue weighted by molar-refractivity contribution is 0.0395. The molecule has 0 aliphatic carbocycles. The highest BCUT2D eigenvalue weighted by Crippen LogP contribution is 2.21. The van der Waals surface area contributed by atoms with Gasteiger partial charge < -0.3 is 4.74 Å². The van der Waals surface area contributed by atoms with Gasteiger partial charge >= 0.3 is 0 Å². The molecule has 0 saturated carbocycles. The van der Waals surface area contributed by atoms with Crippen LogP contribution in [0, 0.1) is 5.92 Å². The van der Waals surface area contributed by atoms with E-state index in [9.17, 15) is 0 Å². The second-order valence-corrected chi connectivity index (χ2v) is 5.13. The first-order valence-electron chi connectivity index (χ1n) is 6.37.